The minimum atomic E-state index is -0.476. The zero-order chi connectivity index (χ0) is 17.4. The number of benzene rings is 1. The van der Waals surface area contributed by atoms with Crippen molar-refractivity contribution in [2.24, 2.45) is 0 Å². The number of esters is 1. The molecule has 0 bridgehead atoms. The molecule has 0 spiro atoms. The van der Waals surface area contributed by atoms with Gasteiger partial charge in [-0.15, -0.1) is 5.10 Å². The van der Waals surface area contributed by atoms with E-state index in [1.807, 2.05) is 13.0 Å². The van der Waals surface area contributed by atoms with E-state index in [9.17, 15) is 4.79 Å². The van der Waals surface area contributed by atoms with E-state index >= 15 is 0 Å². The van der Waals surface area contributed by atoms with Crippen molar-refractivity contribution >= 4 is 12.0 Å². The fraction of sp³-hybridized carbons (Fsp3) is 0.375. The Morgan fingerprint density at radius 1 is 1.25 bits per heavy atom. The van der Waals surface area contributed by atoms with Crippen molar-refractivity contribution in [2.75, 3.05) is 14.2 Å². The highest BCUT2D eigenvalue weighted by molar-refractivity contribution is 5.87. The van der Waals surface area contributed by atoms with Gasteiger partial charge in [-0.25, -0.2) is 9.48 Å². The molecule has 128 valence electrons. The Bertz CT molecular complexity index is 712. The van der Waals surface area contributed by atoms with E-state index in [-0.39, 0.29) is 6.61 Å². The zero-order valence-corrected chi connectivity index (χ0v) is 13.9. The van der Waals surface area contributed by atoms with Crippen LogP contribution < -0.4 is 9.47 Å². The maximum Gasteiger partial charge on any atom is 0.331 e. The summed E-state index contributed by atoms with van der Waals surface area (Å²) in [4.78, 5) is 11.8. The molecule has 2 aromatic rings. The predicted molar refractivity (Wildman–Crippen MR) is 86.5 cm³/mol. The molecule has 1 heterocycles. The molecule has 8 nitrogen and oxygen atoms in total. The van der Waals surface area contributed by atoms with Crippen LogP contribution in [0.2, 0.25) is 0 Å². The second kappa shape index (κ2) is 8.66. The van der Waals surface area contributed by atoms with Gasteiger partial charge in [0.05, 0.1) is 14.2 Å². The molecule has 0 fully saturated rings. The van der Waals surface area contributed by atoms with Crippen LogP contribution in [-0.4, -0.2) is 40.4 Å². The lowest BCUT2D eigenvalue weighted by molar-refractivity contribution is -0.139. The molecular weight excluding hydrogens is 312 g/mol. The molecule has 0 saturated heterocycles. The smallest absolute Gasteiger partial charge is 0.331 e. The molecule has 0 saturated carbocycles. The summed E-state index contributed by atoms with van der Waals surface area (Å²) in [6.45, 7) is 2.73. The minimum Gasteiger partial charge on any atom is -0.493 e. The third kappa shape index (κ3) is 4.55. The van der Waals surface area contributed by atoms with Gasteiger partial charge in [0.1, 0.15) is 0 Å². The first-order valence-electron chi connectivity index (χ1n) is 7.49. The van der Waals surface area contributed by atoms with Gasteiger partial charge >= 0.3 is 5.97 Å². The Labute approximate surface area is 140 Å². The van der Waals surface area contributed by atoms with Gasteiger partial charge in [-0.3, -0.25) is 0 Å². The van der Waals surface area contributed by atoms with Gasteiger partial charge in [0.15, 0.2) is 23.9 Å². The SMILES string of the molecule is CCCn1nnnc1COC(=O)/C=C/c1ccc(OC)c(OC)c1. The second-order valence-electron chi connectivity index (χ2n) is 4.87. The van der Waals surface area contributed by atoms with E-state index in [0.29, 0.717) is 23.9 Å². The molecule has 0 aliphatic carbocycles. The van der Waals surface area contributed by atoms with Crippen molar-refractivity contribution in [1.29, 1.82) is 0 Å². The lowest BCUT2D eigenvalue weighted by atomic mass is 10.2. The van der Waals surface area contributed by atoms with Crippen molar-refractivity contribution in [3.8, 4) is 11.5 Å². The number of hydrogen-bond donors (Lipinski definition) is 0. The Hall–Kier alpha value is -2.90. The molecule has 0 amide bonds. The average Bonchev–Trinajstić information content (AvgIpc) is 3.05. The van der Waals surface area contributed by atoms with Crippen LogP contribution in [0, 0.1) is 0 Å². The fourth-order valence-corrected chi connectivity index (χ4v) is 2.02. The van der Waals surface area contributed by atoms with Crippen molar-refractivity contribution in [3.05, 3.63) is 35.7 Å². The quantitative estimate of drug-likeness (QED) is 0.538. The highest BCUT2D eigenvalue weighted by atomic mass is 16.5. The average molecular weight is 332 g/mol. The van der Waals surface area contributed by atoms with Crippen molar-refractivity contribution in [1.82, 2.24) is 20.2 Å². The summed E-state index contributed by atoms with van der Waals surface area (Å²) in [7, 11) is 3.12. The number of methoxy groups -OCH3 is 2. The van der Waals surface area contributed by atoms with Gasteiger partial charge in [0.25, 0.3) is 0 Å². The first-order chi connectivity index (χ1) is 11.7. The normalized spacial score (nSPS) is 10.8. The predicted octanol–water partition coefficient (Wildman–Crippen LogP) is 1.86. The van der Waals surface area contributed by atoms with E-state index in [1.165, 1.54) is 6.08 Å². The van der Waals surface area contributed by atoms with E-state index in [1.54, 1.807) is 37.1 Å². The van der Waals surface area contributed by atoms with E-state index in [2.05, 4.69) is 15.5 Å². The fourth-order valence-electron chi connectivity index (χ4n) is 2.02. The summed E-state index contributed by atoms with van der Waals surface area (Å²) >= 11 is 0. The monoisotopic (exact) mass is 332 g/mol. The summed E-state index contributed by atoms with van der Waals surface area (Å²) in [6, 6.07) is 5.35. The summed E-state index contributed by atoms with van der Waals surface area (Å²) in [5.74, 6) is 1.26. The van der Waals surface area contributed by atoms with Crippen molar-refractivity contribution < 1.29 is 19.0 Å². The Kier molecular flexibility index (Phi) is 6.30. The van der Waals surface area contributed by atoms with Crippen molar-refractivity contribution in [3.63, 3.8) is 0 Å². The summed E-state index contributed by atoms with van der Waals surface area (Å²) in [5.41, 5.74) is 0.792. The summed E-state index contributed by atoms with van der Waals surface area (Å²) in [6.07, 6.45) is 3.87. The van der Waals surface area contributed by atoms with Crippen LogP contribution in [0.5, 0.6) is 11.5 Å². The van der Waals surface area contributed by atoms with Gasteiger partial charge in [-0.2, -0.15) is 0 Å². The summed E-state index contributed by atoms with van der Waals surface area (Å²) < 4.78 is 17.2. The first-order valence-corrected chi connectivity index (χ1v) is 7.49. The Balaban J connectivity index is 1.94. The molecule has 24 heavy (non-hydrogen) atoms. The second-order valence-corrected chi connectivity index (χ2v) is 4.87. The number of aromatic nitrogens is 4. The third-order valence-corrected chi connectivity index (χ3v) is 3.20. The van der Waals surface area contributed by atoms with E-state index < -0.39 is 5.97 Å². The number of tetrazole rings is 1. The Morgan fingerprint density at radius 2 is 2.04 bits per heavy atom. The van der Waals surface area contributed by atoms with Gasteiger partial charge in [0, 0.05) is 12.6 Å². The molecule has 0 N–H and O–H groups in total. The van der Waals surface area contributed by atoms with Gasteiger partial charge in [-0.05, 0) is 40.6 Å². The molecule has 8 heteroatoms. The van der Waals surface area contributed by atoms with Crippen LogP contribution in [0.4, 0.5) is 0 Å². The molecule has 0 unspecified atom stereocenters. The largest absolute Gasteiger partial charge is 0.493 e. The number of rotatable bonds is 8. The molecule has 1 aromatic carbocycles. The molecule has 2 rings (SSSR count). The van der Waals surface area contributed by atoms with Crippen LogP contribution in [-0.2, 0) is 22.7 Å². The number of carbonyl (C=O) groups excluding carboxylic acids is 1. The molecule has 0 aliphatic heterocycles. The van der Waals surface area contributed by atoms with Crippen LogP contribution in [0.3, 0.4) is 0 Å². The number of aryl methyl sites for hydroxylation is 1. The van der Waals surface area contributed by atoms with Crippen LogP contribution in [0.25, 0.3) is 6.08 Å². The molecule has 0 aliphatic rings. The number of hydrogen-bond acceptors (Lipinski definition) is 7. The molecule has 0 atom stereocenters. The molecule has 1 aromatic heterocycles. The van der Waals surface area contributed by atoms with Crippen LogP contribution in [0.1, 0.15) is 24.7 Å². The summed E-state index contributed by atoms with van der Waals surface area (Å²) in [5, 5.41) is 11.2. The first kappa shape index (κ1) is 17.5. The number of nitrogens with zero attached hydrogens (tertiary/aromatic N) is 4. The van der Waals surface area contributed by atoms with Crippen LogP contribution in [0.15, 0.2) is 24.3 Å². The van der Waals surface area contributed by atoms with E-state index in [0.717, 1.165) is 12.0 Å². The molecule has 0 radical (unpaired) electrons. The maximum absolute atomic E-state index is 11.8. The minimum absolute atomic E-state index is 0.0299. The van der Waals surface area contributed by atoms with Crippen LogP contribution >= 0.6 is 0 Å². The number of carbonyl (C=O) groups is 1. The highest BCUT2D eigenvalue weighted by Crippen LogP contribution is 2.27. The van der Waals surface area contributed by atoms with E-state index in [4.69, 9.17) is 14.2 Å². The Morgan fingerprint density at radius 3 is 2.75 bits per heavy atom. The standard InChI is InChI=1S/C16H20N4O4/c1-4-9-20-15(17-18-19-20)11-24-16(21)8-6-12-5-7-13(22-2)14(10-12)23-3/h5-8,10H,4,9,11H2,1-3H3/b8-6+. The van der Waals surface area contributed by atoms with Gasteiger partial charge < -0.3 is 14.2 Å². The molecular formula is C16H20N4O4. The lowest BCUT2D eigenvalue weighted by Crippen LogP contribution is -2.09. The lowest BCUT2D eigenvalue weighted by Gasteiger charge is -2.07. The zero-order valence-electron chi connectivity index (χ0n) is 13.9. The topological polar surface area (TPSA) is 88.4 Å². The van der Waals surface area contributed by atoms with Crippen molar-refractivity contribution in [2.45, 2.75) is 26.5 Å². The maximum atomic E-state index is 11.8. The highest BCUT2D eigenvalue weighted by Gasteiger charge is 2.08. The van der Waals surface area contributed by atoms with Gasteiger partial charge in [0.2, 0.25) is 0 Å². The third-order valence-electron chi connectivity index (χ3n) is 3.20. The van der Waals surface area contributed by atoms with Gasteiger partial charge in [-0.1, -0.05) is 13.0 Å². The number of ether oxygens (including phenoxy) is 3.